The summed E-state index contributed by atoms with van der Waals surface area (Å²) < 4.78 is 19.6. The highest BCUT2D eigenvalue weighted by atomic mass is 19.1. The van der Waals surface area contributed by atoms with Crippen LogP contribution in [0.1, 0.15) is 67.9 Å². The SMILES string of the molecule is COc1ccc(F)c([C@H]2CC[C@H](CNc3cccc([C@@H](CC(=O)O)C4CC4)c3)CC2)c1. The Labute approximate surface area is 183 Å². The first-order chi connectivity index (χ1) is 15.0. The van der Waals surface area contributed by atoms with Crippen LogP contribution in [-0.4, -0.2) is 24.7 Å². The number of anilines is 1. The minimum absolute atomic E-state index is 0.118. The standard InChI is InChI=1S/C26H32FNO3/c1-31-22-11-12-25(27)24(14-22)19-7-5-17(6-8-19)16-28-21-4-2-3-20(13-21)23(15-26(29)30)18-9-10-18/h2-4,11-14,17-19,23,28H,5-10,15-16H2,1H3,(H,29,30)/t17-,19-,23-/m0/s1. The Kier molecular flexibility index (Phi) is 6.79. The number of methoxy groups -OCH3 is 1. The quantitative estimate of drug-likeness (QED) is 0.503. The molecule has 2 aromatic rings. The monoisotopic (exact) mass is 425 g/mol. The van der Waals surface area contributed by atoms with E-state index in [4.69, 9.17) is 4.74 Å². The molecule has 0 aliphatic heterocycles. The van der Waals surface area contributed by atoms with E-state index in [0.717, 1.165) is 61.9 Å². The Morgan fingerprint density at radius 1 is 1.13 bits per heavy atom. The molecule has 4 rings (SSSR count). The fourth-order valence-electron chi connectivity index (χ4n) is 5.02. The van der Waals surface area contributed by atoms with Gasteiger partial charge >= 0.3 is 5.97 Å². The summed E-state index contributed by atoms with van der Waals surface area (Å²) in [6, 6.07) is 13.3. The third-order valence-electron chi connectivity index (χ3n) is 6.98. The van der Waals surface area contributed by atoms with Crippen molar-refractivity contribution in [3.05, 3.63) is 59.4 Å². The molecule has 0 radical (unpaired) electrons. The van der Waals surface area contributed by atoms with E-state index in [2.05, 4.69) is 23.5 Å². The number of carboxylic acid groups (broad SMARTS) is 1. The van der Waals surface area contributed by atoms with Crippen molar-refractivity contribution >= 4 is 11.7 Å². The zero-order valence-electron chi connectivity index (χ0n) is 18.1. The normalized spacial score (nSPS) is 22.0. The summed E-state index contributed by atoms with van der Waals surface area (Å²) in [5, 5.41) is 12.8. The van der Waals surface area contributed by atoms with Crippen LogP contribution in [0.5, 0.6) is 5.75 Å². The molecule has 2 saturated carbocycles. The minimum atomic E-state index is -0.723. The lowest BCUT2D eigenvalue weighted by Gasteiger charge is -2.29. The van der Waals surface area contributed by atoms with Crippen molar-refractivity contribution in [2.45, 2.75) is 56.8 Å². The van der Waals surface area contributed by atoms with Crippen molar-refractivity contribution in [2.75, 3.05) is 19.0 Å². The summed E-state index contributed by atoms with van der Waals surface area (Å²) in [6.45, 7) is 0.893. The lowest BCUT2D eigenvalue weighted by molar-refractivity contribution is -0.137. The van der Waals surface area contributed by atoms with Gasteiger partial charge in [0.15, 0.2) is 0 Å². The van der Waals surface area contributed by atoms with Crippen LogP contribution in [0.25, 0.3) is 0 Å². The molecule has 0 saturated heterocycles. The Morgan fingerprint density at radius 3 is 2.58 bits per heavy atom. The van der Waals surface area contributed by atoms with E-state index in [1.807, 2.05) is 12.1 Å². The molecule has 31 heavy (non-hydrogen) atoms. The molecule has 0 spiro atoms. The molecule has 0 bridgehead atoms. The Morgan fingerprint density at radius 2 is 1.90 bits per heavy atom. The van der Waals surface area contributed by atoms with Crippen molar-refractivity contribution in [3.8, 4) is 5.75 Å². The van der Waals surface area contributed by atoms with Gasteiger partial charge in [-0.25, -0.2) is 4.39 Å². The third-order valence-corrected chi connectivity index (χ3v) is 6.98. The summed E-state index contributed by atoms with van der Waals surface area (Å²) >= 11 is 0. The van der Waals surface area contributed by atoms with Crippen LogP contribution in [0.2, 0.25) is 0 Å². The first kappa shape index (κ1) is 21.7. The predicted octanol–water partition coefficient (Wildman–Crippen LogP) is 6.19. The third kappa shape index (κ3) is 5.57. The summed E-state index contributed by atoms with van der Waals surface area (Å²) in [7, 11) is 1.61. The molecule has 2 N–H and O–H groups in total. The van der Waals surface area contributed by atoms with E-state index in [1.54, 1.807) is 13.2 Å². The van der Waals surface area contributed by atoms with Crippen molar-refractivity contribution < 1.29 is 19.0 Å². The molecule has 0 amide bonds. The highest BCUT2D eigenvalue weighted by Crippen LogP contribution is 2.45. The lowest BCUT2D eigenvalue weighted by Crippen LogP contribution is -2.21. The second-order valence-electron chi connectivity index (χ2n) is 9.15. The number of aliphatic carboxylic acids is 1. The number of ether oxygens (including phenoxy) is 1. The first-order valence-electron chi connectivity index (χ1n) is 11.4. The summed E-state index contributed by atoms with van der Waals surface area (Å²) in [6.07, 6.45) is 6.57. The fourth-order valence-corrected chi connectivity index (χ4v) is 5.02. The smallest absolute Gasteiger partial charge is 0.303 e. The van der Waals surface area contributed by atoms with E-state index in [9.17, 15) is 14.3 Å². The molecule has 2 aliphatic carbocycles. The molecule has 1 atom stereocenters. The van der Waals surface area contributed by atoms with Gasteiger partial charge in [-0.05, 0) is 104 Å². The number of nitrogens with one attached hydrogen (secondary N) is 1. The van der Waals surface area contributed by atoms with Gasteiger partial charge in [0.25, 0.3) is 0 Å². The van der Waals surface area contributed by atoms with Gasteiger partial charge in [-0.2, -0.15) is 0 Å². The molecule has 166 valence electrons. The van der Waals surface area contributed by atoms with Gasteiger partial charge in [0.2, 0.25) is 0 Å². The van der Waals surface area contributed by atoms with E-state index in [1.165, 1.54) is 6.07 Å². The molecule has 0 heterocycles. The van der Waals surface area contributed by atoms with Crippen molar-refractivity contribution in [1.82, 2.24) is 0 Å². The fraction of sp³-hybridized carbons (Fsp3) is 0.500. The van der Waals surface area contributed by atoms with Gasteiger partial charge in [-0.15, -0.1) is 0 Å². The lowest BCUT2D eigenvalue weighted by atomic mass is 9.78. The van der Waals surface area contributed by atoms with E-state index in [-0.39, 0.29) is 24.1 Å². The zero-order valence-corrected chi connectivity index (χ0v) is 18.1. The van der Waals surface area contributed by atoms with Crippen LogP contribution < -0.4 is 10.1 Å². The van der Waals surface area contributed by atoms with Gasteiger partial charge in [-0.1, -0.05) is 12.1 Å². The van der Waals surface area contributed by atoms with Crippen LogP contribution in [0, 0.1) is 17.7 Å². The first-order valence-corrected chi connectivity index (χ1v) is 11.4. The van der Waals surface area contributed by atoms with Gasteiger partial charge in [0.1, 0.15) is 11.6 Å². The largest absolute Gasteiger partial charge is 0.497 e. The molecule has 0 aromatic heterocycles. The summed E-state index contributed by atoms with van der Waals surface area (Å²) in [4.78, 5) is 11.3. The molecule has 4 nitrogen and oxygen atoms in total. The average Bonchev–Trinajstić information content (AvgIpc) is 3.62. The maximum absolute atomic E-state index is 14.3. The molecule has 2 aliphatic rings. The van der Waals surface area contributed by atoms with E-state index in [0.29, 0.717) is 17.6 Å². The Bertz CT molecular complexity index is 903. The molecular weight excluding hydrogens is 393 g/mol. The number of carboxylic acids is 1. The molecule has 2 aromatic carbocycles. The number of benzene rings is 2. The van der Waals surface area contributed by atoms with Crippen molar-refractivity contribution in [1.29, 1.82) is 0 Å². The van der Waals surface area contributed by atoms with Gasteiger partial charge < -0.3 is 15.2 Å². The predicted molar refractivity (Wildman–Crippen MR) is 120 cm³/mol. The van der Waals surface area contributed by atoms with Crippen LogP contribution >= 0.6 is 0 Å². The Balaban J connectivity index is 1.31. The number of hydrogen-bond donors (Lipinski definition) is 2. The number of hydrogen-bond acceptors (Lipinski definition) is 3. The summed E-state index contributed by atoms with van der Waals surface area (Å²) in [5.74, 6) is 1.31. The summed E-state index contributed by atoms with van der Waals surface area (Å²) in [5.41, 5.74) is 2.98. The van der Waals surface area contributed by atoms with E-state index >= 15 is 0 Å². The second-order valence-corrected chi connectivity index (χ2v) is 9.15. The van der Waals surface area contributed by atoms with Crippen LogP contribution in [0.3, 0.4) is 0 Å². The maximum Gasteiger partial charge on any atom is 0.303 e. The minimum Gasteiger partial charge on any atom is -0.497 e. The highest BCUT2D eigenvalue weighted by molar-refractivity contribution is 5.68. The number of halogens is 1. The topological polar surface area (TPSA) is 58.6 Å². The van der Waals surface area contributed by atoms with Crippen LogP contribution in [0.15, 0.2) is 42.5 Å². The number of carbonyl (C=O) groups is 1. The molecule has 0 unspecified atom stereocenters. The van der Waals surface area contributed by atoms with Crippen molar-refractivity contribution in [3.63, 3.8) is 0 Å². The van der Waals surface area contributed by atoms with Crippen LogP contribution in [0.4, 0.5) is 10.1 Å². The van der Waals surface area contributed by atoms with Crippen molar-refractivity contribution in [2.24, 2.45) is 11.8 Å². The zero-order chi connectivity index (χ0) is 21.8. The number of rotatable bonds is 9. The molecule has 2 fully saturated rings. The second kappa shape index (κ2) is 9.71. The van der Waals surface area contributed by atoms with Crippen LogP contribution in [-0.2, 0) is 4.79 Å². The maximum atomic E-state index is 14.3. The van der Waals surface area contributed by atoms with Gasteiger partial charge in [0, 0.05) is 12.2 Å². The Hall–Kier alpha value is -2.56. The van der Waals surface area contributed by atoms with Gasteiger partial charge in [0.05, 0.1) is 13.5 Å². The average molecular weight is 426 g/mol. The van der Waals surface area contributed by atoms with E-state index < -0.39 is 5.97 Å². The molecular formula is C26H32FNO3. The van der Waals surface area contributed by atoms with Gasteiger partial charge in [-0.3, -0.25) is 4.79 Å². The highest BCUT2D eigenvalue weighted by Gasteiger charge is 2.33. The molecule has 5 heteroatoms.